The van der Waals surface area contributed by atoms with E-state index in [1.807, 2.05) is 42.8 Å². The Labute approximate surface area is 126 Å². The highest BCUT2D eigenvalue weighted by Crippen LogP contribution is 2.08. The van der Waals surface area contributed by atoms with E-state index in [0.717, 1.165) is 18.7 Å². The van der Waals surface area contributed by atoms with Gasteiger partial charge in [-0.3, -0.25) is 9.69 Å². The molecule has 0 saturated carbocycles. The lowest BCUT2D eigenvalue weighted by Crippen LogP contribution is -2.38. The van der Waals surface area contributed by atoms with Crippen LogP contribution in [0.4, 0.5) is 0 Å². The van der Waals surface area contributed by atoms with E-state index in [-0.39, 0.29) is 11.9 Å². The lowest BCUT2D eigenvalue weighted by molar-refractivity contribution is -0.131. The zero-order chi connectivity index (χ0) is 15.8. The average molecular weight is 292 g/mol. The van der Waals surface area contributed by atoms with E-state index in [1.165, 1.54) is 7.11 Å². The van der Waals surface area contributed by atoms with Gasteiger partial charge >= 0.3 is 5.97 Å². The van der Waals surface area contributed by atoms with Crippen molar-refractivity contribution in [3.63, 3.8) is 0 Å². The molecular formula is C16H24N2O3. The molecule has 1 aromatic rings. The minimum absolute atomic E-state index is 0.133. The second-order valence-corrected chi connectivity index (χ2v) is 4.93. The normalized spacial score (nSPS) is 10.5. The lowest BCUT2D eigenvalue weighted by Gasteiger charge is -2.23. The summed E-state index contributed by atoms with van der Waals surface area (Å²) in [6, 6.07) is 7.23. The Bertz CT molecular complexity index is 467. The van der Waals surface area contributed by atoms with Gasteiger partial charge in [-0.1, -0.05) is 12.1 Å². The Balaban J connectivity index is 2.56. The second-order valence-electron chi connectivity index (χ2n) is 4.93. The Morgan fingerprint density at radius 1 is 1.10 bits per heavy atom. The van der Waals surface area contributed by atoms with E-state index in [1.54, 1.807) is 12.1 Å². The average Bonchev–Trinajstić information content (AvgIpc) is 2.48. The molecule has 5 nitrogen and oxygen atoms in total. The number of nitrogens with zero attached hydrogens (tertiary/aromatic N) is 2. The van der Waals surface area contributed by atoms with Crippen molar-refractivity contribution in [1.29, 1.82) is 0 Å². The summed E-state index contributed by atoms with van der Waals surface area (Å²) in [5.74, 6) is -0.208. The highest BCUT2D eigenvalue weighted by Gasteiger charge is 2.12. The summed E-state index contributed by atoms with van der Waals surface area (Å²) in [5.41, 5.74) is 1.58. The van der Waals surface area contributed by atoms with E-state index >= 15 is 0 Å². The highest BCUT2D eigenvalue weighted by atomic mass is 16.5. The molecule has 0 radical (unpaired) electrons. The summed E-state index contributed by atoms with van der Waals surface area (Å²) in [6.45, 7) is 6.47. The summed E-state index contributed by atoms with van der Waals surface area (Å²) in [6.07, 6.45) is 0. The van der Waals surface area contributed by atoms with Crippen molar-refractivity contribution < 1.29 is 14.3 Å². The predicted molar refractivity (Wildman–Crippen MR) is 82.0 cm³/mol. The maximum atomic E-state index is 12.0. The molecule has 0 aliphatic heterocycles. The molecule has 0 saturated heterocycles. The third kappa shape index (κ3) is 5.19. The van der Waals surface area contributed by atoms with Crippen molar-refractivity contribution in [1.82, 2.24) is 9.80 Å². The van der Waals surface area contributed by atoms with Crippen LogP contribution in [-0.2, 0) is 16.1 Å². The zero-order valence-electron chi connectivity index (χ0n) is 13.3. The fourth-order valence-corrected chi connectivity index (χ4v) is 2.14. The number of ether oxygens (including phenoxy) is 1. The van der Waals surface area contributed by atoms with Crippen LogP contribution in [0.3, 0.4) is 0 Å². The Morgan fingerprint density at radius 2 is 1.67 bits per heavy atom. The predicted octanol–water partition coefficient (Wildman–Crippen LogP) is 1.77. The number of hydrogen-bond donors (Lipinski definition) is 0. The quantitative estimate of drug-likeness (QED) is 0.719. The van der Waals surface area contributed by atoms with Crippen LogP contribution in [0.15, 0.2) is 24.3 Å². The Morgan fingerprint density at radius 3 is 2.14 bits per heavy atom. The van der Waals surface area contributed by atoms with Crippen molar-refractivity contribution in [3.8, 4) is 0 Å². The third-order valence-corrected chi connectivity index (χ3v) is 3.35. The Kier molecular flexibility index (Phi) is 6.88. The van der Waals surface area contributed by atoms with Gasteiger partial charge in [0.15, 0.2) is 0 Å². The van der Waals surface area contributed by atoms with E-state index in [4.69, 9.17) is 0 Å². The molecule has 1 rings (SSSR count). The van der Waals surface area contributed by atoms with Crippen molar-refractivity contribution in [3.05, 3.63) is 35.4 Å². The maximum absolute atomic E-state index is 12.0. The topological polar surface area (TPSA) is 49.9 Å². The van der Waals surface area contributed by atoms with Gasteiger partial charge in [0.05, 0.1) is 19.2 Å². The molecule has 0 bridgehead atoms. The zero-order valence-corrected chi connectivity index (χ0v) is 13.3. The fraction of sp³-hybridized carbons (Fsp3) is 0.500. The number of hydrogen-bond acceptors (Lipinski definition) is 4. The van der Waals surface area contributed by atoms with Crippen molar-refractivity contribution >= 4 is 11.9 Å². The summed E-state index contributed by atoms with van der Waals surface area (Å²) < 4.78 is 4.66. The first-order valence-corrected chi connectivity index (χ1v) is 7.15. The lowest BCUT2D eigenvalue weighted by atomic mass is 10.1. The van der Waals surface area contributed by atoms with Gasteiger partial charge in [-0.15, -0.1) is 0 Å². The smallest absolute Gasteiger partial charge is 0.337 e. The number of likely N-dealkylation sites (N-methyl/N-ethyl adjacent to an activating group) is 2. The van der Waals surface area contributed by atoms with Gasteiger partial charge in [-0.05, 0) is 38.6 Å². The molecule has 5 heteroatoms. The molecule has 0 heterocycles. The Hall–Kier alpha value is -1.88. The van der Waals surface area contributed by atoms with E-state index < -0.39 is 0 Å². The summed E-state index contributed by atoms with van der Waals surface area (Å²) in [4.78, 5) is 27.1. The largest absolute Gasteiger partial charge is 0.465 e. The van der Waals surface area contributed by atoms with Crippen LogP contribution in [0.2, 0.25) is 0 Å². The molecule has 1 aromatic carbocycles. The molecule has 0 aliphatic rings. The van der Waals surface area contributed by atoms with Crippen molar-refractivity contribution in [2.45, 2.75) is 20.4 Å². The van der Waals surface area contributed by atoms with Gasteiger partial charge in [-0.2, -0.15) is 0 Å². The molecule has 21 heavy (non-hydrogen) atoms. The van der Waals surface area contributed by atoms with Gasteiger partial charge in [0.2, 0.25) is 5.91 Å². The van der Waals surface area contributed by atoms with Crippen LogP contribution in [0.5, 0.6) is 0 Å². The van der Waals surface area contributed by atoms with Crippen LogP contribution < -0.4 is 0 Å². The van der Waals surface area contributed by atoms with E-state index in [9.17, 15) is 9.59 Å². The number of amides is 1. The molecule has 0 N–H and O–H groups in total. The minimum Gasteiger partial charge on any atom is -0.465 e. The van der Waals surface area contributed by atoms with Crippen LogP contribution in [0.25, 0.3) is 0 Å². The molecule has 0 fully saturated rings. The third-order valence-electron chi connectivity index (χ3n) is 3.35. The van der Waals surface area contributed by atoms with Gasteiger partial charge in [0, 0.05) is 19.6 Å². The molecule has 1 amide bonds. The summed E-state index contributed by atoms with van der Waals surface area (Å²) in [7, 11) is 3.28. The van der Waals surface area contributed by atoms with Crippen molar-refractivity contribution in [2.75, 3.05) is 33.8 Å². The standard InChI is InChI=1S/C16H24N2O3/c1-5-18(6-2)15(19)12-17(3)11-13-7-9-14(10-8-13)16(20)21-4/h7-10H,5-6,11-12H2,1-4H3. The van der Waals surface area contributed by atoms with E-state index in [0.29, 0.717) is 18.7 Å². The summed E-state index contributed by atoms with van der Waals surface area (Å²) >= 11 is 0. The molecule has 116 valence electrons. The van der Waals surface area contributed by atoms with Gasteiger partial charge in [0.1, 0.15) is 0 Å². The molecule has 0 spiro atoms. The first-order valence-electron chi connectivity index (χ1n) is 7.15. The van der Waals surface area contributed by atoms with Crippen LogP contribution in [0.1, 0.15) is 29.8 Å². The summed E-state index contributed by atoms with van der Waals surface area (Å²) in [5, 5.41) is 0. The minimum atomic E-state index is -0.341. The van der Waals surface area contributed by atoms with Gasteiger partial charge in [-0.25, -0.2) is 4.79 Å². The molecule has 0 atom stereocenters. The molecule has 0 unspecified atom stereocenters. The fourth-order valence-electron chi connectivity index (χ4n) is 2.14. The number of benzene rings is 1. The van der Waals surface area contributed by atoms with Crippen LogP contribution in [0, 0.1) is 0 Å². The van der Waals surface area contributed by atoms with Gasteiger partial charge < -0.3 is 9.64 Å². The monoisotopic (exact) mass is 292 g/mol. The van der Waals surface area contributed by atoms with Crippen LogP contribution in [-0.4, -0.2) is 55.5 Å². The van der Waals surface area contributed by atoms with Crippen molar-refractivity contribution in [2.24, 2.45) is 0 Å². The van der Waals surface area contributed by atoms with Crippen LogP contribution >= 0.6 is 0 Å². The number of rotatable bonds is 7. The molecular weight excluding hydrogens is 268 g/mol. The molecule has 0 aliphatic carbocycles. The maximum Gasteiger partial charge on any atom is 0.337 e. The highest BCUT2D eigenvalue weighted by molar-refractivity contribution is 5.89. The SMILES string of the molecule is CCN(CC)C(=O)CN(C)Cc1ccc(C(=O)OC)cc1. The number of methoxy groups -OCH3 is 1. The number of carbonyl (C=O) groups excluding carboxylic acids is 2. The second kappa shape index (κ2) is 8.42. The molecule has 0 aromatic heterocycles. The first kappa shape index (κ1) is 17.2. The first-order chi connectivity index (χ1) is 10.0. The number of esters is 1. The van der Waals surface area contributed by atoms with E-state index in [2.05, 4.69) is 4.74 Å². The van der Waals surface area contributed by atoms with Gasteiger partial charge in [0.25, 0.3) is 0 Å². The number of carbonyl (C=O) groups is 2.